The average Bonchev–Trinajstić information content (AvgIpc) is 3.14. The molecule has 1 saturated carbocycles. The van der Waals surface area contributed by atoms with E-state index in [0.717, 1.165) is 43.3 Å². The number of anilines is 1. The van der Waals surface area contributed by atoms with Crippen LogP contribution in [0.5, 0.6) is 0 Å². The van der Waals surface area contributed by atoms with Crippen LogP contribution in [-0.4, -0.2) is 64.6 Å². The highest BCUT2D eigenvalue weighted by atomic mass is 16.5. The molecule has 4 rings (SSSR count). The van der Waals surface area contributed by atoms with Gasteiger partial charge in [0.05, 0.1) is 18.0 Å². The van der Waals surface area contributed by atoms with Gasteiger partial charge in [-0.15, -0.1) is 10.2 Å². The van der Waals surface area contributed by atoms with Crippen molar-refractivity contribution in [1.29, 1.82) is 0 Å². The molecule has 2 aliphatic rings. The second-order valence-electron chi connectivity index (χ2n) is 6.69. The summed E-state index contributed by atoms with van der Waals surface area (Å²) in [4.78, 5) is 2.48. The van der Waals surface area contributed by atoms with E-state index in [0.29, 0.717) is 11.8 Å². The Balaban J connectivity index is 1.41. The fraction of sp³-hybridized carbons (Fsp3) is 0.688. The zero-order valence-electron chi connectivity index (χ0n) is 13.6. The lowest BCUT2D eigenvalue weighted by atomic mass is 10.1. The molecule has 3 heterocycles. The molecule has 2 fully saturated rings. The van der Waals surface area contributed by atoms with Crippen LogP contribution in [0.3, 0.4) is 0 Å². The molecule has 1 aliphatic heterocycles. The molecular formula is C16H24N6O. The van der Waals surface area contributed by atoms with Crippen LogP contribution in [0, 0.1) is 5.92 Å². The van der Waals surface area contributed by atoms with Gasteiger partial charge in [-0.3, -0.25) is 0 Å². The van der Waals surface area contributed by atoms with Gasteiger partial charge in [-0.05, 0) is 37.8 Å². The lowest BCUT2D eigenvalue weighted by molar-refractivity contribution is 0.159. The van der Waals surface area contributed by atoms with Crippen molar-refractivity contribution in [3.63, 3.8) is 0 Å². The molecule has 1 unspecified atom stereocenters. The van der Waals surface area contributed by atoms with Gasteiger partial charge in [-0.25, -0.2) is 0 Å². The van der Waals surface area contributed by atoms with Crippen LogP contribution < -0.4 is 5.32 Å². The van der Waals surface area contributed by atoms with E-state index in [4.69, 9.17) is 4.74 Å². The maximum Gasteiger partial charge on any atom is 0.200 e. The third kappa shape index (κ3) is 3.30. The van der Waals surface area contributed by atoms with Crippen molar-refractivity contribution in [1.82, 2.24) is 24.7 Å². The summed E-state index contributed by atoms with van der Waals surface area (Å²) in [5, 5.41) is 16.4. The first kappa shape index (κ1) is 14.8. The van der Waals surface area contributed by atoms with Gasteiger partial charge in [0.2, 0.25) is 5.65 Å². The van der Waals surface area contributed by atoms with Gasteiger partial charge >= 0.3 is 0 Å². The summed E-state index contributed by atoms with van der Waals surface area (Å²) in [7, 11) is 1.76. The quantitative estimate of drug-likeness (QED) is 0.832. The van der Waals surface area contributed by atoms with Gasteiger partial charge in [0, 0.05) is 32.7 Å². The first-order valence-corrected chi connectivity index (χ1v) is 8.49. The largest absolute Gasteiger partial charge is 0.383 e. The van der Waals surface area contributed by atoms with Crippen molar-refractivity contribution < 1.29 is 4.74 Å². The molecule has 0 amide bonds. The molecule has 2 aromatic heterocycles. The minimum absolute atomic E-state index is 0.623. The molecule has 1 aliphatic carbocycles. The van der Waals surface area contributed by atoms with Crippen molar-refractivity contribution >= 4 is 11.3 Å². The van der Waals surface area contributed by atoms with Crippen molar-refractivity contribution in [2.24, 2.45) is 5.92 Å². The third-order valence-electron chi connectivity index (χ3n) is 4.85. The predicted octanol–water partition coefficient (Wildman–Crippen LogP) is 1.38. The van der Waals surface area contributed by atoms with E-state index in [9.17, 15) is 0 Å². The second kappa shape index (κ2) is 6.41. The van der Waals surface area contributed by atoms with Gasteiger partial charge in [0.25, 0.3) is 0 Å². The molecule has 0 radical (unpaired) electrons. The fourth-order valence-electron chi connectivity index (χ4n) is 3.31. The lowest BCUT2D eigenvalue weighted by Gasteiger charge is -2.16. The Morgan fingerprint density at radius 3 is 3.09 bits per heavy atom. The molecule has 23 heavy (non-hydrogen) atoms. The first-order valence-electron chi connectivity index (χ1n) is 8.49. The molecule has 1 N–H and O–H groups in total. The van der Waals surface area contributed by atoms with Crippen molar-refractivity contribution in [2.45, 2.75) is 25.2 Å². The molecule has 0 bridgehead atoms. The summed E-state index contributed by atoms with van der Waals surface area (Å²) in [6, 6.07) is 2.17. The monoisotopic (exact) mass is 316 g/mol. The van der Waals surface area contributed by atoms with Gasteiger partial charge in [0.15, 0.2) is 0 Å². The van der Waals surface area contributed by atoms with E-state index in [1.807, 2.05) is 0 Å². The number of ether oxygens (including phenoxy) is 1. The highest BCUT2D eigenvalue weighted by molar-refractivity contribution is 5.66. The summed E-state index contributed by atoms with van der Waals surface area (Å²) in [6.45, 7) is 5.12. The molecular weight excluding hydrogens is 292 g/mol. The standard InChI is InChI=1S/C16H24N6O/c1-23-7-6-21-5-4-12(10-21)9-17-15-8-14(13-2-3-13)20-22-11-18-19-16(15)22/h8,11-13,17H,2-7,9-10H2,1H3. The van der Waals surface area contributed by atoms with Crippen LogP contribution in [0.4, 0.5) is 5.69 Å². The summed E-state index contributed by atoms with van der Waals surface area (Å²) in [6.07, 6.45) is 5.42. The van der Waals surface area contributed by atoms with Crippen LogP contribution >= 0.6 is 0 Å². The van der Waals surface area contributed by atoms with E-state index in [1.54, 1.807) is 18.0 Å². The number of likely N-dealkylation sites (tertiary alicyclic amines) is 1. The van der Waals surface area contributed by atoms with Crippen LogP contribution in [0.25, 0.3) is 5.65 Å². The Bertz CT molecular complexity index is 668. The Morgan fingerprint density at radius 2 is 2.26 bits per heavy atom. The van der Waals surface area contributed by atoms with E-state index < -0.39 is 0 Å². The minimum Gasteiger partial charge on any atom is -0.383 e. The summed E-state index contributed by atoms with van der Waals surface area (Å²) in [5.41, 5.74) is 3.05. The number of nitrogens with zero attached hydrogens (tertiary/aromatic N) is 5. The van der Waals surface area contributed by atoms with E-state index in [2.05, 4.69) is 31.6 Å². The second-order valence-corrected chi connectivity index (χ2v) is 6.69. The number of methoxy groups -OCH3 is 1. The van der Waals surface area contributed by atoms with E-state index in [-0.39, 0.29) is 0 Å². The number of aromatic nitrogens is 4. The topological polar surface area (TPSA) is 67.6 Å². The van der Waals surface area contributed by atoms with Gasteiger partial charge in [-0.2, -0.15) is 9.61 Å². The molecule has 2 aromatic rings. The number of fused-ring (bicyclic) bond motifs is 1. The lowest BCUT2D eigenvalue weighted by Crippen LogP contribution is -2.26. The zero-order chi connectivity index (χ0) is 15.6. The minimum atomic E-state index is 0.623. The summed E-state index contributed by atoms with van der Waals surface area (Å²) in [5.74, 6) is 1.30. The van der Waals surface area contributed by atoms with Crippen molar-refractivity contribution in [3.05, 3.63) is 18.1 Å². The maximum absolute atomic E-state index is 5.17. The fourth-order valence-corrected chi connectivity index (χ4v) is 3.31. The highest BCUT2D eigenvalue weighted by Gasteiger charge is 2.27. The molecule has 1 atom stereocenters. The van der Waals surface area contributed by atoms with Crippen LogP contribution in [-0.2, 0) is 4.74 Å². The SMILES string of the molecule is COCCN1CCC(CNc2cc(C3CC3)nn3cnnc23)C1. The molecule has 124 valence electrons. The van der Waals surface area contributed by atoms with E-state index >= 15 is 0 Å². The molecule has 1 saturated heterocycles. The van der Waals surface area contributed by atoms with Gasteiger partial charge in [0.1, 0.15) is 6.33 Å². The normalized spacial score (nSPS) is 22.0. The van der Waals surface area contributed by atoms with Crippen LogP contribution in [0.2, 0.25) is 0 Å². The highest BCUT2D eigenvalue weighted by Crippen LogP contribution is 2.39. The van der Waals surface area contributed by atoms with Crippen LogP contribution in [0.1, 0.15) is 30.9 Å². The first-order chi connectivity index (χ1) is 11.3. The maximum atomic E-state index is 5.17. The predicted molar refractivity (Wildman–Crippen MR) is 87.7 cm³/mol. The number of hydrogen-bond donors (Lipinski definition) is 1. The summed E-state index contributed by atoms with van der Waals surface area (Å²) < 4.78 is 6.97. The van der Waals surface area contributed by atoms with Gasteiger partial charge in [-0.1, -0.05) is 0 Å². The molecule has 7 heteroatoms. The summed E-state index contributed by atoms with van der Waals surface area (Å²) >= 11 is 0. The zero-order valence-corrected chi connectivity index (χ0v) is 13.6. The third-order valence-corrected chi connectivity index (χ3v) is 4.85. The number of nitrogens with one attached hydrogen (secondary N) is 1. The smallest absolute Gasteiger partial charge is 0.200 e. The number of rotatable bonds is 7. The van der Waals surface area contributed by atoms with Crippen molar-refractivity contribution in [2.75, 3.05) is 45.2 Å². The van der Waals surface area contributed by atoms with Gasteiger partial charge < -0.3 is 15.0 Å². The Hall–Kier alpha value is -1.73. The molecule has 0 aromatic carbocycles. The Kier molecular flexibility index (Phi) is 4.13. The Labute approximate surface area is 136 Å². The molecule has 7 nitrogen and oxygen atoms in total. The number of hydrogen-bond acceptors (Lipinski definition) is 6. The molecule has 0 spiro atoms. The Morgan fingerprint density at radius 1 is 1.35 bits per heavy atom. The van der Waals surface area contributed by atoms with Crippen molar-refractivity contribution in [3.8, 4) is 0 Å². The van der Waals surface area contributed by atoms with E-state index in [1.165, 1.54) is 25.8 Å². The average molecular weight is 316 g/mol. The van der Waals surface area contributed by atoms with Crippen LogP contribution in [0.15, 0.2) is 12.4 Å².